The summed E-state index contributed by atoms with van der Waals surface area (Å²) < 4.78 is 41.3. The number of amidine groups is 1. The van der Waals surface area contributed by atoms with Gasteiger partial charge in [0.25, 0.3) is 0 Å². The molecule has 0 bridgehead atoms. The quantitative estimate of drug-likeness (QED) is 0.0784. The molecule has 3 N–H and O–H groups in total. The van der Waals surface area contributed by atoms with E-state index in [0.29, 0.717) is 64.4 Å². The number of nitrogens with zero attached hydrogens (tertiary/aromatic N) is 4. The van der Waals surface area contributed by atoms with E-state index in [1.807, 2.05) is 4.90 Å². The highest BCUT2D eigenvalue weighted by atomic mass is 35.5. The number of carboxylic acid groups (broad SMARTS) is 1. The molecule has 1 aliphatic carbocycles. The first-order chi connectivity index (χ1) is 25.6. The van der Waals surface area contributed by atoms with Gasteiger partial charge in [-0.25, -0.2) is 9.18 Å². The first-order valence-corrected chi connectivity index (χ1v) is 17.7. The number of carboxylic acids is 1. The number of anilines is 1. The predicted octanol–water partition coefficient (Wildman–Crippen LogP) is 5.40. The van der Waals surface area contributed by atoms with Crippen LogP contribution in [0.1, 0.15) is 59.4 Å². The number of halogens is 2. The zero-order valence-electron chi connectivity index (χ0n) is 29.8. The van der Waals surface area contributed by atoms with Gasteiger partial charge in [-0.2, -0.15) is 5.10 Å². The van der Waals surface area contributed by atoms with Crippen molar-refractivity contribution in [3.8, 4) is 23.0 Å². The van der Waals surface area contributed by atoms with Crippen LogP contribution < -0.4 is 34.7 Å². The summed E-state index contributed by atoms with van der Waals surface area (Å²) in [6.45, 7) is 1.37. The van der Waals surface area contributed by atoms with Gasteiger partial charge in [-0.05, 0) is 55.9 Å². The van der Waals surface area contributed by atoms with Gasteiger partial charge in [-0.3, -0.25) is 10.2 Å². The SMILES string of the molecule is COc1cc(/C(=N/NC(O)c2ccc(Cl)cc2)N2CCCC3CN(c4c(OC)cc5c(c4F)c(=O)c(C(=O)O)cn5C4CC4)CC32)cc(OC)c1OC. The Bertz CT molecular complexity index is 2120. The molecule has 0 amide bonds. The predicted molar refractivity (Wildman–Crippen MR) is 198 cm³/mol. The van der Waals surface area contributed by atoms with E-state index in [1.165, 1.54) is 34.6 Å². The van der Waals surface area contributed by atoms with Crippen LogP contribution in [0, 0.1) is 11.7 Å². The van der Waals surface area contributed by atoms with Gasteiger partial charge in [0.2, 0.25) is 11.2 Å². The number of aromatic carboxylic acids is 1. The number of aliphatic hydroxyl groups is 1. The number of hydrogen-bond donors (Lipinski definition) is 3. The van der Waals surface area contributed by atoms with E-state index < -0.39 is 29.0 Å². The average Bonchev–Trinajstić information content (AvgIpc) is 3.91. The molecule has 0 radical (unpaired) electrons. The number of piperidine rings is 1. The minimum atomic E-state index is -1.40. The van der Waals surface area contributed by atoms with Crippen molar-refractivity contribution in [1.82, 2.24) is 14.9 Å². The van der Waals surface area contributed by atoms with Crippen LogP contribution in [0.4, 0.5) is 10.1 Å². The topological polar surface area (TPSA) is 147 Å². The Labute approximate surface area is 310 Å². The Kier molecular flexibility index (Phi) is 10.0. The van der Waals surface area contributed by atoms with Crippen molar-refractivity contribution in [2.24, 2.45) is 11.0 Å². The number of pyridine rings is 1. The molecule has 4 aromatic rings. The maximum absolute atomic E-state index is 16.9. The molecule has 3 aromatic carbocycles. The molecule has 15 heteroatoms. The highest BCUT2D eigenvalue weighted by Crippen LogP contribution is 2.45. The van der Waals surface area contributed by atoms with Crippen molar-refractivity contribution >= 4 is 40.0 Å². The minimum Gasteiger partial charge on any atom is -0.494 e. The number of fused-ring (bicyclic) bond motifs is 2. The van der Waals surface area contributed by atoms with E-state index in [2.05, 4.69) is 10.3 Å². The third-order valence-corrected chi connectivity index (χ3v) is 10.6. The first kappa shape index (κ1) is 36.2. The summed E-state index contributed by atoms with van der Waals surface area (Å²) in [5.41, 5.74) is 3.14. The summed E-state index contributed by atoms with van der Waals surface area (Å²) in [5, 5.41) is 26.0. The Morgan fingerprint density at radius 2 is 1.66 bits per heavy atom. The number of methoxy groups -OCH3 is 4. The van der Waals surface area contributed by atoms with Gasteiger partial charge in [0.05, 0.1) is 45.4 Å². The maximum atomic E-state index is 16.9. The van der Waals surface area contributed by atoms with Crippen molar-refractivity contribution < 1.29 is 38.3 Å². The molecule has 53 heavy (non-hydrogen) atoms. The second-order valence-electron chi connectivity index (χ2n) is 13.5. The van der Waals surface area contributed by atoms with Gasteiger partial charge in [0.15, 0.2) is 29.4 Å². The number of rotatable bonds is 11. The van der Waals surface area contributed by atoms with E-state index in [9.17, 15) is 19.8 Å². The molecule has 2 saturated heterocycles. The van der Waals surface area contributed by atoms with Crippen molar-refractivity contribution in [3.05, 3.63) is 86.4 Å². The number of hydrogen-bond acceptors (Lipinski definition) is 10. The Balaban J connectivity index is 1.30. The summed E-state index contributed by atoms with van der Waals surface area (Å²) >= 11 is 6.08. The van der Waals surface area contributed by atoms with E-state index in [4.69, 9.17) is 35.6 Å². The van der Waals surface area contributed by atoms with E-state index in [1.54, 1.807) is 47.0 Å². The second kappa shape index (κ2) is 14.7. The Hall–Kier alpha value is -5.21. The van der Waals surface area contributed by atoms with Crippen LogP contribution in [0.25, 0.3) is 10.9 Å². The van der Waals surface area contributed by atoms with E-state index in [-0.39, 0.29) is 34.8 Å². The zero-order chi connectivity index (χ0) is 37.6. The van der Waals surface area contributed by atoms with Gasteiger partial charge < -0.3 is 43.5 Å². The normalized spacial score (nSPS) is 19.2. The number of ether oxygens (including phenoxy) is 4. The van der Waals surface area contributed by atoms with Crippen molar-refractivity contribution in [2.45, 2.75) is 44.0 Å². The molecule has 3 heterocycles. The molecule has 3 unspecified atom stereocenters. The number of aliphatic hydroxyl groups excluding tert-OH is 1. The fourth-order valence-electron chi connectivity index (χ4n) is 7.66. The van der Waals surface area contributed by atoms with Crippen LogP contribution in [-0.2, 0) is 0 Å². The zero-order valence-corrected chi connectivity index (χ0v) is 30.5. The molecule has 3 fully saturated rings. The molecule has 280 valence electrons. The third kappa shape index (κ3) is 6.65. The number of carbonyl (C=O) groups is 1. The molecule has 13 nitrogen and oxygen atoms in total. The monoisotopic (exact) mass is 749 g/mol. The molecule has 3 atom stereocenters. The summed E-state index contributed by atoms with van der Waals surface area (Å²) in [6.07, 6.45) is 3.38. The number of likely N-dealkylation sites (tertiary alicyclic amines) is 1. The van der Waals surface area contributed by atoms with Gasteiger partial charge in [0.1, 0.15) is 17.0 Å². The number of aromatic nitrogens is 1. The maximum Gasteiger partial charge on any atom is 0.341 e. The van der Waals surface area contributed by atoms with E-state index in [0.717, 1.165) is 25.7 Å². The summed E-state index contributed by atoms with van der Waals surface area (Å²) in [5.74, 6) is -0.198. The molecule has 1 aromatic heterocycles. The van der Waals surface area contributed by atoms with Crippen molar-refractivity contribution in [1.29, 1.82) is 0 Å². The van der Waals surface area contributed by atoms with Gasteiger partial charge >= 0.3 is 5.97 Å². The standard InChI is InChI=1S/C38H41ClFN5O8/c1-50-28-16-26-31(34(46)25(38(48)49)18-45(26)24-11-12-24)32(40)33(28)43-17-21-6-5-13-44(27(21)19-43)36(41-42-37(47)20-7-9-23(39)10-8-20)22-14-29(51-2)35(53-4)30(15-22)52-3/h7-10,14-16,18,21,24,27,37,42,47H,5-6,11-13,17,19H2,1-4H3,(H,48,49)/b41-36-. The van der Waals surface area contributed by atoms with Crippen LogP contribution in [0.3, 0.4) is 0 Å². The lowest BCUT2D eigenvalue weighted by atomic mass is 9.91. The fraction of sp³-hybridized carbons (Fsp3) is 0.395. The molecular weight excluding hydrogens is 709 g/mol. The lowest BCUT2D eigenvalue weighted by Gasteiger charge is -2.39. The van der Waals surface area contributed by atoms with E-state index >= 15 is 4.39 Å². The molecule has 2 aliphatic heterocycles. The van der Waals surface area contributed by atoms with Crippen LogP contribution in [0.15, 0.2) is 58.6 Å². The molecule has 0 spiro atoms. The number of nitrogens with one attached hydrogen (secondary N) is 1. The van der Waals surface area contributed by atoms with Crippen molar-refractivity contribution in [2.75, 3.05) is 53.0 Å². The molecule has 7 rings (SSSR count). The lowest BCUT2D eigenvalue weighted by molar-refractivity contribution is 0.0694. The van der Waals surface area contributed by atoms with Crippen molar-refractivity contribution in [3.63, 3.8) is 0 Å². The van der Waals surface area contributed by atoms with Gasteiger partial charge in [-0.15, -0.1) is 0 Å². The molecule has 1 saturated carbocycles. The van der Waals surface area contributed by atoms with Gasteiger partial charge in [-0.1, -0.05) is 23.7 Å². The lowest BCUT2D eigenvalue weighted by Crippen LogP contribution is -2.49. The average molecular weight is 750 g/mol. The highest BCUT2D eigenvalue weighted by Gasteiger charge is 2.43. The largest absolute Gasteiger partial charge is 0.494 e. The highest BCUT2D eigenvalue weighted by molar-refractivity contribution is 6.30. The molecular formula is C38H41ClFN5O8. The smallest absolute Gasteiger partial charge is 0.341 e. The minimum absolute atomic E-state index is 0.0194. The summed E-state index contributed by atoms with van der Waals surface area (Å²) in [6, 6.07) is 11.8. The number of benzene rings is 3. The first-order valence-electron chi connectivity index (χ1n) is 17.4. The van der Waals surface area contributed by atoms with Crippen LogP contribution in [0.5, 0.6) is 23.0 Å². The fourth-order valence-corrected chi connectivity index (χ4v) is 7.78. The Morgan fingerprint density at radius 1 is 0.981 bits per heavy atom. The van der Waals surface area contributed by atoms with Crippen LogP contribution in [-0.4, -0.2) is 85.6 Å². The third-order valence-electron chi connectivity index (χ3n) is 10.4. The number of hydrazone groups is 1. The molecule has 3 aliphatic rings. The van der Waals surface area contributed by atoms with Crippen LogP contribution in [0.2, 0.25) is 5.02 Å². The van der Waals surface area contributed by atoms with Gasteiger partial charge in [0, 0.05) is 54.1 Å². The summed E-state index contributed by atoms with van der Waals surface area (Å²) in [7, 11) is 6.02. The Morgan fingerprint density at radius 3 is 2.26 bits per heavy atom. The second-order valence-corrected chi connectivity index (χ2v) is 13.9. The summed E-state index contributed by atoms with van der Waals surface area (Å²) in [4.78, 5) is 29.6. The van der Waals surface area contributed by atoms with Crippen LogP contribution >= 0.6 is 11.6 Å².